The molecule has 2 aromatic carbocycles. The van der Waals surface area contributed by atoms with Gasteiger partial charge in [-0.05, 0) is 29.2 Å². The highest BCUT2D eigenvalue weighted by atomic mass is 35.5. The number of piperidine rings is 1. The van der Waals surface area contributed by atoms with Crippen molar-refractivity contribution in [1.82, 2.24) is 15.3 Å². The van der Waals surface area contributed by atoms with Gasteiger partial charge in [0.2, 0.25) is 11.8 Å². The smallest absolute Gasteiger partial charge is 0.296 e. The second-order valence-corrected chi connectivity index (χ2v) is 7.82. The van der Waals surface area contributed by atoms with E-state index in [1.54, 1.807) is 36.4 Å². The van der Waals surface area contributed by atoms with Gasteiger partial charge in [-0.25, -0.2) is 9.97 Å². The zero-order valence-corrected chi connectivity index (χ0v) is 17.4. The quantitative estimate of drug-likeness (QED) is 0.562. The summed E-state index contributed by atoms with van der Waals surface area (Å²) in [4.78, 5) is 31.2. The van der Waals surface area contributed by atoms with E-state index in [2.05, 4.69) is 15.3 Å². The third-order valence-electron chi connectivity index (χ3n) is 5.27. The highest BCUT2D eigenvalue weighted by Crippen LogP contribution is 2.37. The summed E-state index contributed by atoms with van der Waals surface area (Å²) in [5.41, 5.74) is 1.92. The molecular weight excluding hydrogens is 443 g/mol. The minimum absolute atomic E-state index is 0.0745. The maximum Gasteiger partial charge on any atom is 0.433 e. The van der Waals surface area contributed by atoms with E-state index in [4.69, 9.17) is 11.6 Å². The van der Waals surface area contributed by atoms with Gasteiger partial charge in [0.05, 0.1) is 10.9 Å². The summed E-state index contributed by atoms with van der Waals surface area (Å²) in [5.74, 6) is -1.08. The number of rotatable bonds is 4. The minimum Gasteiger partial charge on any atom is -0.296 e. The molecule has 2 heterocycles. The summed E-state index contributed by atoms with van der Waals surface area (Å²) in [6.45, 7) is 0. The van der Waals surface area contributed by atoms with Gasteiger partial charge in [-0.1, -0.05) is 54.1 Å². The van der Waals surface area contributed by atoms with Crippen molar-refractivity contribution in [3.63, 3.8) is 0 Å². The lowest BCUT2D eigenvalue weighted by Gasteiger charge is -2.23. The van der Waals surface area contributed by atoms with Gasteiger partial charge >= 0.3 is 6.18 Å². The molecule has 2 amide bonds. The highest BCUT2D eigenvalue weighted by Gasteiger charge is 2.33. The van der Waals surface area contributed by atoms with Crippen LogP contribution < -0.4 is 5.32 Å². The molecule has 4 rings (SSSR count). The zero-order chi connectivity index (χ0) is 22.9. The molecule has 1 N–H and O–H groups in total. The summed E-state index contributed by atoms with van der Waals surface area (Å²) < 4.78 is 38.6. The average Bonchev–Trinajstić information content (AvgIpc) is 2.75. The Kier molecular flexibility index (Phi) is 5.97. The first-order valence-corrected chi connectivity index (χ1v) is 10.2. The molecule has 1 unspecified atom stereocenters. The van der Waals surface area contributed by atoms with Crippen LogP contribution in [-0.4, -0.2) is 21.8 Å². The number of carbonyl (C=O) groups is 2. The average molecular weight is 460 g/mol. The first-order chi connectivity index (χ1) is 15.2. The van der Waals surface area contributed by atoms with Crippen LogP contribution in [0.2, 0.25) is 5.02 Å². The van der Waals surface area contributed by atoms with Gasteiger partial charge in [0.1, 0.15) is 11.5 Å². The van der Waals surface area contributed by atoms with Gasteiger partial charge in [0.25, 0.3) is 0 Å². The van der Waals surface area contributed by atoms with Gasteiger partial charge < -0.3 is 0 Å². The second-order valence-electron chi connectivity index (χ2n) is 7.44. The van der Waals surface area contributed by atoms with E-state index in [9.17, 15) is 22.8 Å². The summed E-state index contributed by atoms with van der Waals surface area (Å²) in [6, 6.07) is 13.4. The van der Waals surface area contributed by atoms with E-state index >= 15 is 0 Å². The molecular formula is C23H17ClF3N3O2. The summed E-state index contributed by atoms with van der Waals surface area (Å²) in [7, 11) is 0. The van der Waals surface area contributed by atoms with Crippen molar-refractivity contribution in [2.75, 3.05) is 0 Å². The Balaban J connectivity index is 1.56. The first-order valence-electron chi connectivity index (χ1n) is 9.83. The van der Waals surface area contributed by atoms with Crippen molar-refractivity contribution in [1.29, 1.82) is 0 Å². The van der Waals surface area contributed by atoms with Crippen molar-refractivity contribution < 1.29 is 22.8 Å². The standard InChI is InChI=1S/C23H17ClF3N3O2/c24-21-15(2-1-3-16(21)17-8-9-20(31)30-22(17)32)14-6-4-13(5-7-14)12-19-28-11-10-18(29-19)23(25,26)27/h1-7,10-11,17H,8-9,12H2,(H,30,31,32). The van der Waals surface area contributed by atoms with Crippen LogP contribution in [0.25, 0.3) is 11.1 Å². The fraction of sp³-hybridized carbons (Fsp3) is 0.217. The zero-order valence-electron chi connectivity index (χ0n) is 16.6. The largest absolute Gasteiger partial charge is 0.433 e. The van der Waals surface area contributed by atoms with Crippen LogP contribution in [0.15, 0.2) is 54.7 Å². The van der Waals surface area contributed by atoms with Gasteiger partial charge in [-0.15, -0.1) is 0 Å². The van der Waals surface area contributed by atoms with Crippen molar-refractivity contribution in [3.05, 3.63) is 82.4 Å². The molecule has 0 spiro atoms. The molecule has 0 aliphatic carbocycles. The number of nitrogens with one attached hydrogen (secondary N) is 1. The summed E-state index contributed by atoms with van der Waals surface area (Å²) in [6.07, 6.45) is -2.63. The SMILES string of the molecule is O=C1CCC(c2cccc(-c3ccc(Cc4nccc(C(F)(F)F)n4)cc3)c2Cl)C(=O)N1. The van der Waals surface area contributed by atoms with Crippen molar-refractivity contribution in [2.45, 2.75) is 31.4 Å². The number of halogens is 4. The molecule has 164 valence electrons. The van der Waals surface area contributed by atoms with Gasteiger partial charge in [-0.3, -0.25) is 14.9 Å². The van der Waals surface area contributed by atoms with E-state index in [0.717, 1.165) is 29.0 Å². The number of benzene rings is 2. The maximum atomic E-state index is 12.9. The molecule has 1 fully saturated rings. The molecule has 9 heteroatoms. The third-order valence-corrected chi connectivity index (χ3v) is 5.69. The van der Waals surface area contributed by atoms with Crippen LogP contribution in [0, 0.1) is 0 Å². The van der Waals surface area contributed by atoms with Crippen molar-refractivity contribution in [3.8, 4) is 11.1 Å². The number of nitrogens with zero attached hydrogens (tertiary/aromatic N) is 2. The van der Waals surface area contributed by atoms with Crippen LogP contribution in [0.3, 0.4) is 0 Å². The van der Waals surface area contributed by atoms with E-state index in [1.807, 2.05) is 6.07 Å². The molecule has 3 aromatic rings. The minimum atomic E-state index is -4.52. The fourth-order valence-electron chi connectivity index (χ4n) is 3.66. The van der Waals surface area contributed by atoms with E-state index in [1.165, 1.54) is 0 Å². The fourth-order valence-corrected chi connectivity index (χ4v) is 4.03. The monoisotopic (exact) mass is 459 g/mol. The van der Waals surface area contributed by atoms with E-state index in [0.29, 0.717) is 17.0 Å². The second kappa shape index (κ2) is 8.70. The number of amides is 2. The topological polar surface area (TPSA) is 72.0 Å². The number of imide groups is 1. The normalized spacial score (nSPS) is 16.7. The van der Waals surface area contributed by atoms with Gasteiger partial charge in [0, 0.05) is 24.6 Å². The third kappa shape index (κ3) is 4.65. The Labute approximate surface area is 186 Å². The Morgan fingerprint density at radius 1 is 1.06 bits per heavy atom. The molecule has 5 nitrogen and oxygen atoms in total. The van der Waals surface area contributed by atoms with Gasteiger partial charge in [0.15, 0.2) is 0 Å². The maximum absolute atomic E-state index is 12.9. The van der Waals surface area contributed by atoms with Crippen LogP contribution in [0.1, 0.15) is 41.4 Å². The number of alkyl halides is 3. The Bertz CT molecular complexity index is 1180. The molecule has 32 heavy (non-hydrogen) atoms. The Hall–Kier alpha value is -3.26. The molecule has 1 aromatic heterocycles. The molecule has 0 radical (unpaired) electrons. The lowest BCUT2D eigenvalue weighted by molar-refractivity contribution is -0.141. The van der Waals surface area contributed by atoms with Crippen molar-refractivity contribution in [2.24, 2.45) is 0 Å². The molecule has 1 aliphatic heterocycles. The van der Waals surface area contributed by atoms with Crippen LogP contribution in [-0.2, 0) is 22.2 Å². The summed E-state index contributed by atoms with van der Waals surface area (Å²) in [5, 5.41) is 2.77. The summed E-state index contributed by atoms with van der Waals surface area (Å²) >= 11 is 6.62. The first kappa shape index (κ1) is 22.0. The predicted molar refractivity (Wildman–Crippen MR) is 112 cm³/mol. The van der Waals surface area contributed by atoms with Crippen LogP contribution in [0.4, 0.5) is 13.2 Å². The lowest BCUT2D eigenvalue weighted by atomic mass is 9.88. The lowest BCUT2D eigenvalue weighted by Crippen LogP contribution is -2.39. The van der Waals surface area contributed by atoms with Crippen molar-refractivity contribution >= 4 is 23.4 Å². The van der Waals surface area contributed by atoms with E-state index in [-0.39, 0.29) is 30.5 Å². The predicted octanol–water partition coefficient (Wildman–Crippen LogP) is 4.93. The van der Waals surface area contributed by atoms with Gasteiger partial charge in [-0.2, -0.15) is 13.2 Å². The molecule has 1 atom stereocenters. The number of carbonyl (C=O) groups excluding carboxylic acids is 2. The number of aromatic nitrogens is 2. The molecule has 0 bridgehead atoms. The highest BCUT2D eigenvalue weighted by molar-refractivity contribution is 6.34. The number of hydrogen-bond acceptors (Lipinski definition) is 4. The van der Waals surface area contributed by atoms with Crippen LogP contribution in [0.5, 0.6) is 0 Å². The Morgan fingerprint density at radius 3 is 2.50 bits per heavy atom. The van der Waals surface area contributed by atoms with E-state index < -0.39 is 17.8 Å². The molecule has 0 saturated carbocycles. The molecule has 1 aliphatic rings. The van der Waals surface area contributed by atoms with Crippen LogP contribution >= 0.6 is 11.6 Å². The number of hydrogen-bond donors (Lipinski definition) is 1. The Morgan fingerprint density at radius 2 is 1.81 bits per heavy atom. The molecule has 1 saturated heterocycles.